The van der Waals surface area contributed by atoms with Gasteiger partial charge in [-0.15, -0.1) is 0 Å². The summed E-state index contributed by atoms with van der Waals surface area (Å²) >= 11 is 0. The SMILES string of the molecule is O=CN1CCN(C(=O)CC2COC2)CC1. The van der Waals surface area contributed by atoms with Crippen molar-refractivity contribution in [2.24, 2.45) is 5.92 Å². The Bertz CT molecular complexity index is 245. The molecule has 0 unspecified atom stereocenters. The van der Waals surface area contributed by atoms with Crippen LogP contribution in [0.3, 0.4) is 0 Å². The van der Waals surface area contributed by atoms with E-state index in [4.69, 9.17) is 4.74 Å². The summed E-state index contributed by atoms with van der Waals surface area (Å²) in [6.07, 6.45) is 1.45. The van der Waals surface area contributed by atoms with Crippen LogP contribution in [-0.2, 0) is 14.3 Å². The summed E-state index contributed by atoms with van der Waals surface area (Å²) in [6, 6.07) is 0. The third kappa shape index (κ3) is 2.47. The van der Waals surface area contributed by atoms with Crippen LogP contribution in [0.25, 0.3) is 0 Å². The van der Waals surface area contributed by atoms with E-state index in [1.165, 1.54) is 0 Å². The minimum Gasteiger partial charge on any atom is -0.381 e. The first kappa shape index (κ1) is 10.4. The van der Waals surface area contributed by atoms with E-state index in [2.05, 4.69) is 0 Å². The van der Waals surface area contributed by atoms with E-state index in [0.717, 1.165) is 19.6 Å². The maximum Gasteiger partial charge on any atom is 0.223 e. The Labute approximate surface area is 89.0 Å². The molecule has 0 radical (unpaired) electrons. The number of hydrogen-bond donors (Lipinski definition) is 0. The molecule has 2 aliphatic heterocycles. The minimum atomic E-state index is 0.203. The van der Waals surface area contributed by atoms with E-state index < -0.39 is 0 Å². The van der Waals surface area contributed by atoms with Crippen LogP contribution in [0, 0.1) is 5.92 Å². The lowest BCUT2D eigenvalue weighted by atomic mass is 10.0. The fourth-order valence-electron chi connectivity index (χ4n) is 1.86. The van der Waals surface area contributed by atoms with Gasteiger partial charge < -0.3 is 14.5 Å². The fourth-order valence-corrected chi connectivity index (χ4v) is 1.86. The van der Waals surface area contributed by atoms with Gasteiger partial charge in [0.05, 0.1) is 13.2 Å². The molecule has 84 valence electrons. The maximum absolute atomic E-state index is 11.8. The summed E-state index contributed by atoms with van der Waals surface area (Å²) in [6.45, 7) is 4.11. The average Bonchev–Trinajstić information content (AvgIpc) is 2.23. The van der Waals surface area contributed by atoms with Crippen molar-refractivity contribution < 1.29 is 14.3 Å². The van der Waals surface area contributed by atoms with Gasteiger partial charge in [-0.05, 0) is 0 Å². The number of piperazine rings is 1. The summed E-state index contributed by atoms with van der Waals surface area (Å²) in [7, 11) is 0. The lowest BCUT2D eigenvalue weighted by Gasteiger charge is -2.34. The summed E-state index contributed by atoms with van der Waals surface area (Å²) < 4.78 is 5.03. The van der Waals surface area contributed by atoms with Crippen LogP contribution >= 0.6 is 0 Å². The second-order valence-corrected chi connectivity index (χ2v) is 4.13. The summed E-state index contributed by atoms with van der Waals surface area (Å²) in [5, 5.41) is 0. The van der Waals surface area contributed by atoms with Crippen molar-refractivity contribution in [1.82, 2.24) is 9.80 Å². The summed E-state index contributed by atoms with van der Waals surface area (Å²) in [4.78, 5) is 25.8. The number of nitrogens with zero attached hydrogens (tertiary/aromatic N) is 2. The zero-order valence-electron chi connectivity index (χ0n) is 8.72. The van der Waals surface area contributed by atoms with Gasteiger partial charge in [-0.2, -0.15) is 0 Å². The molecule has 0 aromatic carbocycles. The Morgan fingerprint density at radius 1 is 1.27 bits per heavy atom. The molecule has 15 heavy (non-hydrogen) atoms. The first-order chi connectivity index (χ1) is 7.29. The number of rotatable bonds is 3. The molecule has 0 aromatic heterocycles. The first-order valence-corrected chi connectivity index (χ1v) is 5.34. The molecular formula is C10H16N2O3. The Morgan fingerprint density at radius 3 is 2.40 bits per heavy atom. The normalized spacial score (nSPS) is 22.4. The fraction of sp³-hybridized carbons (Fsp3) is 0.800. The topological polar surface area (TPSA) is 49.9 Å². The zero-order chi connectivity index (χ0) is 10.7. The Hall–Kier alpha value is -1.10. The van der Waals surface area contributed by atoms with Crippen LogP contribution in [0.1, 0.15) is 6.42 Å². The smallest absolute Gasteiger partial charge is 0.223 e. The van der Waals surface area contributed by atoms with Gasteiger partial charge in [-0.25, -0.2) is 0 Å². The van der Waals surface area contributed by atoms with Crippen LogP contribution in [-0.4, -0.2) is 61.5 Å². The molecule has 0 spiro atoms. The predicted molar refractivity (Wildman–Crippen MR) is 53.1 cm³/mol. The van der Waals surface area contributed by atoms with Crippen molar-refractivity contribution in [3.63, 3.8) is 0 Å². The zero-order valence-corrected chi connectivity index (χ0v) is 8.72. The number of amides is 2. The van der Waals surface area contributed by atoms with Crippen LogP contribution in [0.4, 0.5) is 0 Å². The van der Waals surface area contributed by atoms with Gasteiger partial charge in [0.15, 0.2) is 0 Å². The van der Waals surface area contributed by atoms with Gasteiger partial charge in [0.25, 0.3) is 0 Å². The highest BCUT2D eigenvalue weighted by atomic mass is 16.5. The van der Waals surface area contributed by atoms with Gasteiger partial charge in [0.2, 0.25) is 12.3 Å². The second-order valence-electron chi connectivity index (χ2n) is 4.13. The van der Waals surface area contributed by atoms with Crippen molar-refractivity contribution in [2.75, 3.05) is 39.4 Å². The van der Waals surface area contributed by atoms with E-state index in [0.29, 0.717) is 38.5 Å². The van der Waals surface area contributed by atoms with E-state index in [1.54, 1.807) is 4.90 Å². The highest BCUT2D eigenvalue weighted by molar-refractivity contribution is 5.76. The highest BCUT2D eigenvalue weighted by Crippen LogP contribution is 2.16. The number of hydrogen-bond acceptors (Lipinski definition) is 3. The molecule has 2 heterocycles. The molecule has 2 amide bonds. The van der Waals surface area contributed by atoms with Gasteiger partial charge in [0.1, 0.15) is 0 Å². The number of carbonyl (C=O) groups excluding carboxylic acids is 2. The molecule has 0 saturated carbocycles. The molecular weight excluding hydrogens is 196 g/mol. The van der Waals surface area contributed by atoms with Crippen molar-refractivity contribution >= 4 is 12.3 Å². The van der Waals surface area contributed by atoms with E-state index in [-0.39, 0.29) is 5.91 Å². The molecule has 0 aromatic rings. The third-order valence-electron chi connectivity index (χ3n) is 2.99. The molecule has 2 fully saturated rings. The Morgan fingerprint density at radius 2 is 1.93 bits per heavy atom. The minimum absolute atomic E-state index is 0.203. The molecule has 0 N–H and O–H groups in total. The van der Waals surface area contributed by atoms with E-state index >= 15 is 0 Å². The second kappa shape index (κ2) is 4.61. The molecule has 2 aliphatic rings. The lowest BCUT2D eigenvalue weighted by Crippen LogP contribution is -2.49. The molecule has 5 heteroatoms. The van der Waals surface area contributed by atoms with Crippen LogP contribution in [0.5, 0.6) is 0 Å². The summed E-state index contributed by atoms with van der Waals surface area (Å²) in [5.74, 6) is 0.621. The average molecular weight is 212 g/mol. The van der Waals surface area contributed by atoms with Gasteiger partial charge in [0, 0.05) is 38.5 Å². The molecule has 0 aliphatic carbocycles. The van der Waals surface area contributed by atoms with Crippen LogP contribution in [0.2, 0.25) is 0 Å². The molecule has 0 bridgehead atoms. The highest BCUT2D eigenvalue weighted by Gasteiger charge is 2.26. The lowest BCUT2D eigenvalue weighted by molar-refractivity contribution is -0.139. The van der Waals surface area contributed by atoms with Crippen molar-refractivity contribution in [2.45, 2.75) is 6.42 Å². The first-order valence-electron chi connectivity index (χ1n) is 5.34. The third-order valence-corrected chi connectivity index (χ3v) is 2.99. The quantitative estimate of drug-likeness (QED) is 0.583. The molecule has 2 saturated heterocycles. The Kier molecular flexibility index (Phi) is 3.20. The molecule has 2 rings (SSSR count). The number of ether oxygens (including phenoxy) is 1. The molecule has 5 nitrogen and oxygen atoms in total. The largest absolute Gasteiger partial charge is 0.381 e. The molecule has 0 atom stereocenters. The van der Waals surface area contributed by atoms with Crippen LogP contribution < -0.4 is 0 Å². The summed E-state index contributed by atoms with van der Waals surface area (Å²) in [5.41, 5.74) is 0. The predicted octanol–water partition coefficient (Wildman–Crippen LogP) is -0.676. The van der Waals surface area contributed by atoms with Crippen LogP contribution in [0.15, 0.2) is 0 Å². The van der Waals surface area contributed by atoms with Crippen molar-refractivity contribution in [3.05, 3.63) is 0 Å². The van der Waals surface area contributed by atoms with E-state index in [9.17, 15) is 9.59 Å². The van der Waals surface area contributed by atoms with Crippen molar-refractivity contribution in [3.8, 4) is 0 Å². The van der Waals surface area contributed by atoms with Gasteiger partial charge in [-0.3, -0.25) is 9.59 Å². The standard InChI is InChI=1S/C10H16N2O3/c13-8-11-1-3-12(4-2-11)10(14)5-9-6-15-7-9/h8-9H,1-7H2. The number of carbonyl (C=O) groups is 2. The monoisotopic (exact) mass is 212 g/mol. The maximum atomic E-state index is 11.8. The van der Waals surface area contributed by atoms with Gasteiger partial charge >= 0.3 is 0 Å². The van der Waals surface area contributed by atoms with Gasteiger partial charge in [-0.1, -0.05) is 0 Å². The Balaban J connectivity index is 1.74. The van der Waals surface area contributed by atoms with E-state index in [1.807, 2.05) is 4.90 Å². The van der Waals surface area contributed by atoms with Crippen molar-refractivity contribution in [1.29, 1.82) is 0 Å².